The Morgan fingerprint density at radius 2 is 1.36 bits per heavy atom. The minimum Gasteiger partial charge on any atom is -0.369 e. The molecule has 0 fully saturated rings. The molecular formula is C8H17NNiO. The second kappa shape index (κ2) is 5.59. The van der Waals surface area contributed by atoms with E-state index in [1.54, 1.807) is 0 Å². The van der Waals surface area contributed by atoms with E-state index in [0.29, 0.717) is 11.8 Å². The minimum absolute atomic E-state index is 0. The summed E-state index contributed by atoms with van der Waals surface area (Å²) in [6, 6.07) is 0. The predicted octanol–water partition coefficient (Wildman–Crippen LogP) is 1.40. The van der Waals surface area contributed by atoms with Gasteiger partial charge in [0.05, 0.1) is 0 Å². The van der Waals surface area contributed by atoms with Gasteiger partial charge in [0, 0.05) is 22.4 Å². The summed E-state index contributed by atoms with van der Waals surface area (Å²) in [6.45, 7) is 8.09. The molecule has 0 aliphatic heterocycles. The van der Waals surface area contributed by atoms with E-state index in [1.807, 2.05) is 27.7 Å². The third kappa shape index (κ3) is 4.41. The van der Waals surface area contributed by atoms with Crippen molar-refractivity contribution in [2.24, 2.45) is 23.5 Å². The molecule has 0 unspecified atom stereocenters. The first-order valence-electron chi connectivity index (χ1n) is 3.76. The van der Waals surface area contributed by atoms with Crippen molar-refractivity contribution in [2.45, 2.75) is 27.7 Å². The van der Waals surface area contributed by atoms with Gasteiger partial charge < -0.3 is 5.73 Å². The fourth-order valence-corrected chi connectivity index (χ4v) is 1.43. The van der Waals surface area contributed by atoms with Gasteiger partial charge in [0.25, 0.3) is 0 Å². The van der Waals surface area contributed by atoms with Crippen LogP contribution in [-0.4, -0.2) is 5.91 Å². The summed E-state index contributed by atoms with van der Waals surface area (Å²) in [7, 11) is 0. The SMILES string of the molecule is CC(C)C(C(N)=O)C(C)C.[Ni]. The summed E-state index contributed by atoms with van der Waals surface area (Å²) in [5, 5.41) is 0. The first kappa shape index (κ1) is 13.5. The van der Waals surface area contributed by atoms with Crippen LogP contribution >= 0.6 is 0 Å². The van der Waals surface area contributed by atoms with Gasteiger partial charge in [-0.25, -0.2) is 0 Å². The van der Waals surface area contributed by atoms with E-state index >= 15 is 0 Å². The molecule has 0 aromatic rings. The van der Waals surface area contributed by atoms with Gasteiger partial charge in [-0.1, -0.05) is 27.7 Å². The second-order valence-electron chi connectivity index (χ2n) is 3.42. The molecule has 0 aliphatic rings. The van der Waals surface area contributed by atoms with Gasteiger partial charge in [0.1, 0.15) is 0 Å². The summed E-state index contributed by atoms with van der Waals surface area (Å²) in [5.41, 5.74) is 5.20. The van der Waals surface area contributed by atoms with Crippen LogP contribution < -0.4 is 5.73 Å². The van der Waals surface area contributed by atoms with Gasteiger partial charge >= 0.3 is 0 Å². The monoisotopic (exact) mass is 201 g/mol. The molecule has 0 aromatic heterocycles. The molecule has 0 saturated heterocycles. The van der Waals surface area contributed by atoms with Gasteiger partial charge in [0.15, 0.2) is 0 Å². The van der Waals surface area contributed by atoms with Crippen LogP contribution in [0.15, 0.2) is 0 Å². The Hall–Kier alpha value is -0.0365. The molecule has 2 nitrogen and oxygen atoms in total. The van der Waals surface area contributed by atoms with Crippen molar-refractivity contribution in [3.8, 4) is 0 Å². The molecule has 0 atom stereocenters. The number of carbonyl (C=O) groups is 1. The van der Waals surface area contributed by atoms with Crippen molar-refractivity contribution in [1.82, 2.24) is 0 Å². The topological polar surface area (TPSA) is 43.1 Å². The van der Waals surface area contributed by atoms with Crippen LogP contribution in [0.3, 0.4) is 0 Å². The van der Waals surface area contributed by atoms with Crippen LogP contribution in [0.25, 0.3) is 0 Å². The number of carbonyl (C=O) groups excluding carboxylic acids is 1. The number of amides is 1. The predicted molar refractivity (Wildman–Crippen MR) is 42.4 cm³/mol. The normalized spacial score (nSPS) is 10.5. The van der Waals surface area contributed by atoms with Crippen LogP contribution in [-0.2, 0) is 21.3 Å². The van der Waals surface area contributed by atoms with E-state index in [2.05, 4.69) is 0 Å². The molecule has 0 rings (SSSR count). The van der Waals surface area contributed by atoms with Gasteiger partial charge in [-0.05, 0) is 11.8 Å². The Morgan fingerprint density at radius 3 is 1.36 bits per heavy atom. The third-order valence-electron chi connectivity index (χ3n) is 1.76. The van der Waals surface area contributed by atoms with Gasteiger partial charge in [-0.15, -0.1) is 0 Å². The molecule has 0 aromatic carbocycles. The molecule has 0 saturated carbocycles. The quantitative estimate of drug-likeness (QED) is 0.690. The van der Waals surface area contributed by atoms with E-state index < -0.39 is 0 Å². The Kier molecular flexibility index (Phi) is 6.89. The zero-order valence-corrected chi connectivity index (χ0v) is 8.52. The molecule has 0 aliphatic carbocycles. The van der Waals surface area contributed by atoms with Crippen LogP contribution in [0, 0.1) is 17.8 Å². The molecule has 0 heterocycles. The molecule has 3 heteroatoms. The average molecular weight is 202 g/mol. The van der Waals surface area contributed by atoms with Crippen molar-refractivity contribution in [3.05, 3.63) is 0 Å². The Morgan fingerprint density at radius 1 is 1.09 bits per heavy atom. The average Bonchev–Trinajstić information content (AvgIpc) is 1.59. The summed E-state index contributed by atoms with van der Waals surface area (Å²) in [6.07, 6.45) is 0. The third-order valence-corrected chi connectivity index (χ3v) is 1.76. The van der Waals surface area contributed by atoms with Crippen LogP contribution in [0.4, 0.5) is 0 Å². The fourth-order valence-electron chi connectivity index (χ4n) is 1.43. The maximum Gasteiger partial charge on any atom is 0.221 e. The largest absolute Gasteiger partial charge is 0.369 e. The summed E-state index contributed by atoms with van der Waals surface area (Å²) >= 11 is 0. The minimum atomic E-state index is -0.176. The molecule has 1 amide bonds. The number of hydrogen-bond acceptors (Lipinski definition) is 1. The van der Waals surface area contributed by atoms with E-state index in [1.165, 1.54) is 0 Å². The number of primary amides is 1. The van der Waals surface area contributed by atoms with E-state index in [4.69, 9.17) is 5.73 Å². The van der Waals surface area contributed by atoms with E-state index in [-0.39, 0.29) is 28.3 Å². The molecule has 11 heavy (non-hydrogen) atoms. The van der Waals surface area contributed by atoms with Crippen molar-refractivity contribution >= 4 is 5.91 Å². The number of nitrogens with two attached hydrogens (primary N) is 1. The zero-order valence-electron chi connectivity index (χ0n) is 7.53. The Bertz CT molecular complexity index is 115. The van der Waals surface area contributed by atoms with Crippen LogP contribution in [0.5, 0.6) is 0 Å². The zero-order chi connectivity index (χ0) is 8.31. The summed E-state index contributed by atoms with van der Waals surface area (Å²) < 4.78 is 0. The Balaban J connectivity index is 0. The molecule has 0 spiro atoms. The van der Waals surface area contributed by atoms with Crippen molar-refractivity contribution in [3.63, 3.8) is 0 Å². The first-order valence-corrected chi connectivity index (χ1v) is 3.76. The maximum absolute atomic E-state index is 10.8. The first-order chi connectivity index (χ1) is 4.46. The number of rotatable bonds is 3. The van der Waals surface area contributed by atoms with Crippen molar-refractivity contribution in [2.75, 3.05) is 0 Å². The van der Waals surface area contributed by atoms with Crippen LogP contribution in [0.1, 0.15) is 27.7 Å². The van der Waals surface area contributed by atoms with Crippen molar-refractivity contribution < 1.29 is 21.3 Å². The molecular weight excluding hydrogens is 185 g/mol. The van der Waals surface area contributed by atoms with Gasteiger partial charge in [-0.3, -0.25) is 4.79 Å². The molecule has 70 valence electrons. The van der Waals surface area contributed by atoms with Crippen LogP contribution in [0.2, 0.25) is 0 Å². The number of hydrogen-bond donors (Lipinski definition) is 1. The summed E-state index contributed by atoms with van der Waals surface area (Å²) in [5.74, 6) is 0.569. The smallest absolute Gasteiger partial charge is 0.221 e. The Labute approximate surface area is 78.8 Å². The van der Waals surface area contributed by atoms with Gasteiger partial charge in [-0.2, -0.15) is 0 Å². The molecule has 0 radical (unpaired) electrons. The fraction of sp³-hybridized carbons (Fsp3) is 0.875. The van der Waals surface area contributed by atoms with Gasteiger partial charge in [0.2, 0.25) is 5.91 Å². The van der Waals surface area contributed by atoms with E-state index in [0.717, 1.165) is 0 Å². The second-order valence-corrected chi connectivity index (χ2v) is 3.42. The van der Waals surface area contributed by atoms with E-state index in [9.17, 15) is 4.79 Å². The molecule has 2 N–H and O–H groups in total. The maximum atomic E-state index is 10.8. The standard InChI is InChI=1S/C8H17NO.Ni/c1-5(2)7(6(3)4)8(9)10;/h5-7H,1-4H3,(H2,9,10);. The van der Waals surface area contributed by atoms with Crippen molar-refractivity contribution in [1.29, 1.82) is 0 Å². The summed E-state index contributed by atoms with van der Waals surface area (Å²) in [4.78, 5) is 10.8. The molecule has 0 bridgehead atoms.